The molecule has 2 aromatic rings. The molecule has 6 nitrogen and oxygen atoms in total. The zero-order chi connectivity index (χ0) is 19.0. The van der Waals surface area contributed by atoms with Crippen molar-refractivity contribution in [1.29, 1.82) is 5.41 Å². The van der Waals surface area contributed by atoms with Gasteiger partial charge < -0.3 is 14.9 Å². The molecule has 4 rings (SSSR count). The average molecular weight is 447 g/mol. The van der Waals surface area contributed by atoms with Crippen molar-refractivity contribution in [2.24, 2.45) is 0 Å². The summed E-state index contributed by atoms with van der Waals surface area (Å²) in [5.41, 5.74) is 2.21. The van der Waals surface area contributed by atoms with E-state index < -0.39 is 0 Å². The van der Waals surface area contributed by atoms with E-state index in [0.29, 0.717) is 10.6 Å². The number of nitrogens with zero attached hydrogens (tertiary/aromatic N) is 3. The van der Waals surface area contributed by atoms with Crippen LogP contribution in [0, 0.1) is 5.41 Å². The Bertz CT molecular complexity index is 916. The fraction of sp³-hybridized carbons (Fsp3) is 0.316. The maximum Gasteiger partial charge on any atom is 0.242 e. The van der Waals surface area contributed by atoms with Gasteiger partial charge in [0.1, 0.15) is 16.6 Å². The van der Waals surface area contributed by atoms with Gasteiger partial charge in [0.2, 0.25) is 5.91 Å². The van der Waals surface area contributed by atoms with Gasteiger partial charge in [0.25, 0.3) is 0 Å². The third kappa shape index (κ3) is 3.64. The highest BCUT2D eigenvalue weighted by Gasteiger charge is 2.32. The van der Waals surface area contributed by atoms with Crippen LogP contribution >= 0.6 is 27.3 Å². The highest BCUT2D eigenvalue weighted by molar-refractivity contribution is 9.10. The number of hydrogen-bond donors (Lipinski definition) is 2. The minimum Gasteiger partial charge on any atom is -0.510 e. The number of likely N-dealkylation sites (tertiary alicyclic amines) is 1. The van der Waals surface area contributed by atoms with Crippen molar-refractivity contribution in [2.75, 3.05) is 26.2 Å². The van der Waals surface area contributed by atoms with E-state index in [2.05, 4.69) is 20.9 Å². The molecule has 140 valence electrons. The predicted molar refractivity (Wildman–Crippen MR) is 110 cm³/mol. The van der Waals surface area contributed by atoms with Gasteiger partial charge in [-0.2, -0.15) is 0 Å². The van der Waals surface area contributed by atoms with Gasteiger partial charge >= 0.3 is 0 Å². The second-order valence-electron chi connectivity index (χ2n) is 6.66. The molecule has 0 saturated carbocycles. The van der Waals surface area contributed by atoms with Crippen molar-refractivity contribution in [3.8, 4) is 11.3 Å². The maximum atomic E-state index is 12.4. The first-order valence-corrected chi connectivity index (χ1v) is 10.5. The summed E-state index contributed by atoms with van der Waals surface area (Å²) >= 11 is 4.82. The van der Waals surface area contributed by atoms with Crippen molar-refractivity contribution in [1.82, 2.24) is 14.8 Å². The van der Waals surface area contributed by atoms with E-state index in [0.717, 1.165) is 41.7 Å². The number of hydrogen-bond acceptors (Lipinski definition) is 5. The Hall–Kier alpha value is -2.19. The molecular formula is C19H19BrN4O2S. The largest absolute Gasteiger partial charge is 0.510 e. The molecule has 0 radical (unpaired) electrons. The minimum absolute atomic E-state index is 0.0148. The van der Waals surface area contributed by atoms with Gasteiger partial charge in [-0.1, -0.05) is 28.1 Å². The van der Waals surface area contributed by atoms with Crippen LogP contribution in [0.4, 0.5) is 0 Å². The maximum absolute atomic E-state index is 12.4. The monoisotopic (exact) mass is 446 g/mol. The van der Waals surface area contributed by atoms with Crippen LogP contribution in [0.1, 0.15) is 17.8 Å². The molecule has 8 heteroatoms. The summed E-state index contributed by atoms with van der Waals surface area (Å²) in [5, 5.41) is 21.4. The van der Waals surface area contributed by atoms with E-state index in [1.165, 1.54) is 11.3 Å². The van der Waals surface area contributed by atoms with Crippen LogP contribution in [0.5, 0.6) is 0 Å². The quantitative estimate of drug-likeness (QED) is 0.748. The van der Waals surface area contributed by atoms with Gasteiger partial charge in [0, 0.05) is 28.5 Å². The fourth-order valence-electron chi connectivity index (χ4n) is 3.36. The zero-order valence-electron chi connectivity index (χ0n) is 14.6. The number of aliphatic hydroxyl groups excluding tert-OH is 1. The smallest absolute Gasteiger partial charge is 0.242 e. The molecule has 1 aromatic carbocycles. The van der Waals surface area contributed by atoms with Crippen molar-refractivity contribution in [3.63, 3.8) is 0 Å². The third-order valence-electron chi connectivity index (χ3n) is 4.83. The Kier molecular flexibility index (Phi) is 5.01. The van der Waals surface area contributed by atoms with E-state index in [1.807, 2.05) is 34.5 Å². The summed E-state index contributed by atoms with van der Waals surface area (Å²) < 4.78 is 0.998. The van der Waals surface area contributed by atoms with Crippen LogP contribution in [-0.2, 0) is 4.79 Å². The zero-order valence-corrected chi connectivity index (χ0v) is 17.0. The lowest BCUT2D eigenvalue weighted by atomic mass is 10.2. The second-order valence-corrected chi connectivity index (χ2v) is 8.43. The predicted octanol–water partition coefficient (Wildman–Crippen LogP) is 3.76. The highest BCUT2D eigenvalue weighted by Crippen LogP contribution is 2.32. The fourth-order valence-corrected chi connectivity index (χ4v) is 4.52. The third-order valence-corrected chi connectivity index (χ3v) is 6.21. The number of amidine groups is 1. The Balaban J connectivity index is 1.50. The molecule has 1 aromatic heterocycles. The lowest BCUT2D eigenvalue weighted by Crippen LogP contribution is -2.40. The number of amides is 1. The highest BCUT2D eigenvalue weighted by atomic mass is 79.9. The molecule has 2 aliphatic heterocycles. The number of nitrogens with one attached hydrogen (secondary N) is 1. The van der Waals surface area contributed by atoms with Crippen LogP contribution in [-0.4, -0.2) is 57.8 Å². The van der Waals surface area contributed by atoms with Crippen LogP contribution in [0.15, 0.2) is 39.9 Å². The first-order valence-electron chi connectivity index (χ1n) is 8.78. The van der Waals surface area contributed by atoms with Crippen molar-refractivity contribution in [2.45, 2.75) is 12.8 Å². The summed E-state index contributed by atoms with van der Waals surface area (Å²) in [6.45, 7) is 1.88. The Morgan fingerprint density at radius 1 is 1.26 bits per heavy atom. The van der Waals surface area contributed by atoms with Gasteiger partial charge in [-0.3, -0.25) is 10.2 Å². The van der Waals surface area contributed by atoms with E-state index in [9.17, 15) is 9.90 Å². The molecule has 0 aliphatic carbocycles. The summed E-state index contributed by atoms with van der Waals surface area (Å²) in [5.74, 6) is 0.281. The normalized spacial score (nSPS) is 17.3. The number of halogens is 1. The van der Waals surface area contributed by atoms with Gasteiger partial charge in [-0.25, -0.2) is 4.98 Å². The van der Waals surface area contributed by atoms with Crippen LogP contribution in [0.25, 0.3) is 16.8 Å². The molecular weight excluding hydrogens is 428 g/mol. The van der Waals surface area contributed by atoms with E-state index in [4.69, 9.17) is 5.41 Å². The van der Waals surface area contributed by atoms with Crippen LogP contribution in [0.3, 0.4) is 0 Å². The molecule has 0 atom stereocenters. The molecule has 1 amide bonds. The SMILES string of the molecule is N=C1C(c2nc(-c3ccc(Br)cc3)cs2)=C(O)CN1CC(=O)N1CCCC1. The topological polar surface area (TPSA) is 80.5 Å². The molecule has 1 fully saturated rings. The van der Waals surface area contributed by atoms with Crippen molar-refractivity contribution < 1.29 is 9.90 Å². The number of aliphatic hydroxyl groups is 1. The van der Waals surface area contributed by atoms with Crippen LogP contribution < -0.4 is 0 Å². The number of rotatable bonds is 4. The number of thiazole rings is 1. The average Bonchev–Trinajstić information content (AvgIpc) is 3.38. The Morgan fingerprint density at radius 3 is 2.67 bits per heavy atom. The molecule has 27 heavy (non-hydrogen) atoms. The molecule has 0 bridgehead atoms. The van der Waals surface area contributed by atoms with Gasteiger partial charge in [0.15, 0.2) is 0 Å². The summed E-state index contributed by atoms with van der Waals surface area (Å²) in [6.07, 6.45) is 2.08. The Labute approximate surface area is 169 Å². The molecule has 3 heterocycles. The minimum atomic E-state index is 0.0148. The molecule has 2 N–H and O–H groups in total. The first-order chi connectivity index (χ1) is 13.0. The summed E-state index contributed by atoms with van der Waals surface area (Å²) in [4.78, 5) is 20.4. The van der Waals surface area contributed by atoms with Crippen molar-refractivity contribution in [3.05, 3.63) is 44.9 Å². The standard InChI is InChI=1S/C19H19BrN4O2S/c20-13-5-3-12(4-6-13)14-11-27-19(22-14)17-15(25)9-24(18(17)21)10-16(26)23-7-1-2-8-23/h3-6,11,21,25H,1-2,7-10H2. The summed E-state index contributed by atoms with van der Waals surface area (Å²) in [6, 6.07) is 7.85. The van der Waals surface area contributed by atoms with E-state index in [1.54, 1.807) is 4.90 Å². The van der Waals surface area contributed by atoms with E-state index in [-0.39, 0.29) is 30.6 Å². The number of carbonyl (C=O) groups is 1. The molecule has 0 unspecified atom stereocenters. The van der Waals surface area contributed by atoms with Crippen LogP contribution in [0.2, 0.25) is 0 Å². The lowest BCUT2D eigenvalue weighted by Gasteiger charge is -2.22. The van der Waals surface area contributed by atoms with Gasteiger partial charge in [0.05, 0.1) is 24.4 Å². The lowest BCUT2D eigenvalue weighted by molar-refractivity contribution is -0.130. The van der Waals surface area contributed by atoms with Gasteiger partial charge in [-0.05, 0) is 25.0 Å². The molecule has 1 saturated heterocycles. The van der Waals surface area contributed by atoms with Crippen molar-refractivity contribution >= 4 is 44.6 Å². The summed E-state index contributed by atoms with van der Waals surface area (Å²) in [7, 11) is 0. The molecule has 0 spiro atoms. The number of benzene rings is 1. The molecule has 2 aliphatic rings. The van der Waals surface area contributed by atoms with Gasteiger partial charge in [-0.15, -0.1) is 11.3 Å². The Morgan fingerprint density at radius 2 is 1.96 bits per heavy atom. The first kappa shape index (κ1) is 18.2. The van der Waals surface area contributed by atoms with E-state index >= 15 is 0 Å². The number of aromatic nitrogens is 1. The number of carbonyl (C=O) groups excluding carboxylic acids is 1. The second kappa shape index (κ2) is 7.44.